The van der Waals surface area contributed by atoms with E-state index in [4.69, 9.17) is 12.2 Å². The van der Waals surface area contributed by atoms with Gasteiger partial charge in [-0.3, -0.25) is 0 Å². The third-order valence-electron chi connectivity index (χ3n) is 1.78. The standard InChI is InChI=1S/C8H4S6/c9-6-5-8(14-13-6)12-7(11-5)4-2-1-3-10-4/h1-3,7H/t7-/m0/s1. The second-order valence-electron chi connectivity index (χ2n) is 2.65. The Kier molecular flexibility index (Phi) is 2.76. The first kappa shape index (κ1) is 9.86. The summed E-state index contributed by atoms with van der Waals surface area (Å²) in [6, 6.07) is 4.32. The van der Waals surface area contributed by atoms with Gasteiger partial charge in [0.2, 0.25) is 0 Å². The number of thioether (sulfide) groups is 2. The fourth-order valence-electron chi connectivity index (χ4n) is 1.17. The first-order valence-corrected chi connectivity index (χ1v) is 9.04. The van der Waals surface area contributed by atoms with Gasteiger partial charge in [-0.15, -0.1) is 23.1 Å². The molecule has 2 aromatic heterocycles. The van der Waals surface area contributed by atoms with Gasteiger partial charge < -0.3 is 0 Å². The predicted octanol–water partition coefficient (Wildman–Crippen LogP) is 5.50. The Labute approximate surface area is 107 Å². The number of hydrogen-bond acceptors (Lipinski definition) is 6. The van der Waals surface area contributed by atoms with E-state index in [0.717, 1.165) is 3.82 Å². The molecule has 0 fully saturated rings. The second kappa shape index (κ2) is 3.92. The van der Waals surface area contributed by atoms with Crippen molar-refractivity contribution in [2.24, 2.45) is 0 Å². The molecule has 0 aromatic carbocycles. The molecule has 2 aromatic rings. The molecule has 14 heavy (non-hydrogen) atoms. The van der Waals surface area contributed by atoms with Crippen molar-refractivity contribution in [3.8, 4) is 0 Å². The van der Waals surface area contributed by atoms with Gasteiger partial charge >= 0.3 is 0 Å². The fourth-order valence-corrected chi connectivity index (χ4v) is 9.05. The first-order chi connectivity index (χ1) is 6.84. The Hall–Kier alpha value is 0.670. The van der Waals surface area contributed by atoms with Crippen molar-refractivity contribution >= 4 is 67.8 Å². The number of rotatable bonds is 1. The minimum absolute atomic E-state index is 0.548. The van der Waals surface area contributed by atoms with Crippen molar-refractivity contribution in [2.45, 2.75) is 13.7 Å². The maximum atomic E-state index is 5.29. The Morgan fingerprint density at radius 2 is 2.14 bits per heavy atom. The highest BCUT2D eigenvalue weighted by molar-refractivity contribution is 8.20. The smallest absolute Gasteiger partial charge is 0.116 e. The molecule has 6 heteroatoms. The van der Waals surface area contributed by atoms with Crippen LogP contribution in [0.25, 0.3) is 0 Å². The van der Waals surface area contributed by atoms with Gasteiger partial charge in [0, 0.05) is 4.88 Å². The average Bonchev–Trinajstić information content (AvgIpc) is 2.83. The summed E-state index contributed by atoms with van der Waals surface area (Å²) in [6.07, 6.45) is 0. The maximum absolute atomic E-state index is 5.29. The van der Waals surface area contributed by atoms with Crippen molar-refractivity contribution in [2.75, 3.05) is 0 Å². The maximum Gasteiger partial charge on any atom is 0.116 e. The van der Waals surface area contributed by atoms with Gasteiger partial charge in [-0.25, -0.2) is 0 Å². The van der Waals surface area contributed by atoms with Gasteiger partial charge in [-0.2, -0.15) is 0 Å². The summed E-state index contributed by atoms with van der Waals surface area (Å²) >= 11 is 11.0. The Morgan fingerprint density at radius 3 is 2.86 bits per heavy atom. The van der Waals surface area contributed by atoms with Crippen molar-refractivity contribution < 1.29 is 0 Å². The van der Waals surface area contributed by atoms with Crippen molar-refractivity contribution in [3.05, 3.63) is 26.2 Å². The van der Waals surface area contributed by atoms with Gasteiger partial charge in [-0.05, 0) is 11.4 Å². The lowest BCUT2D eigenvalue weighted by Crippen LogP contribution is -1.75. The van der Waals surface area contributed by atoms with Crippen molar-refractivity contribution in [1.29, 1.82) is 0 Å². The molecule has 0 amide bonds. The van der Waals surface area contributed by atoms with Gasteiger partial charge in [-0.1, -0.05) is 50.7 Å². The number of thiophene rings is 1. The molecular formula is C8H4S6. The van der Waals surface area contributed by atoms with E-state index in [9.17, 15) is 0 Å². The molecule has 0 saturated heterocycles. The number of hydrogen-bond donors (Lipinski definition) is 0. The van der Waals surface area contributed by atoms with Crippen LogP contribution in [0, 0.1) is 3.82 Å². The van der Waals surface area contributed by atoms with E-state index in [2.05, 4.69) is 17.5 Å². The quantitative estimate of drug-likeness (QED) is 0.503. The molecule has 1 aliphatic heterocycles. The minimum atomic E-state index is 0.548. The van der Waals surface area contributed by atoms with Crippen LogP contribution in [0.5, 0.6) is 0 Å². The van der Waals surface area contributed by atoms with Crippen molar-refractivity contribution in [1.82, 2.24) is 0 Å². The van der Waals surface area contributed by atoms with Gasteiger partial charge in [0.05, 0.1) is 13.7 Å². The van der Waals surface area contributed by atoms with E-state index in [-0.39, 0.29) is 0 Å². The van der Waals surface area contributed by atoms with Crippen LogP contribution in [0.4, 0.5) is 0 Å². The zero-order valence-corrected chi connectivity index (χ0v) is 11.7. The van der Waals surface area contributed by atoms with Gasteiger partial charge in [0.15, 0.2) is 0 Å². The SMILES string of the molecule is S=c1ssc2c1S[C@H](c1cccs1)S2. The third-order valence-corrected chi connectivity index (χ3v) is 9.78. The van der Waals surface area contributed by atoms with E-state index >= 15 is 0 Å². The normalized spacial score (nSPS) is 19.9. The summed E-state index contributed by atoms with van der Waals surface area (Å²) < 4.78 is 3.04. The van der Waals surface area contributed by atoms with Gasteiger partial charge in [0.25, 0.3) is 0 Å². The highest BCUT2D eigenvalue weighted by Crippen LogP contribution is 2.60. The van der Waals surface area contributed by atoms with E-state index in [1.807, 2.05) is 45.2 Å². The van der Waals surface area contributed by atoms with Crippen LogP contribution in [0.15, 0.2) is 26.6 Å². The zero-order chi connectivity index (χ0) is 9.54. The lowest BCUT2D eigenvalue weighted by molar-refractivity contribution is 1.42. The highest BCUT2D eigenvalue weighted by Gasteiger charge is 2.28. The molecule has 0 aliphatic carbocycles. The Bertz CT molecular complexity index is 490. The molecule has 0 saturated carbocycles. The molecule has 1 aliphatic rings. The van der Waals surface area contributed by atoms with E-state index in [1.165, 1.54) is 14.0 Å². The molecule has 0 radical (unpaired) electrons. The lowest BCUT2D eigenvalue weighted by Gasteiger charge is -2.02. The van der Waals surface area contributed by atoms with Gasteiger partial charge in [0.1, 0.15) is 3.82 Å². The lowest BCUT2D eigenvalue weighted by atomic mass is 10.5. The van der Waals surface area contributed by atoms with Crippen LogP contribution in [0.2, 0.25) is 0 Å². The summed E-state index contributed by atoms with van der Waals surface area (Å²) in [4.78, 5) is 2.79. The molecule has 72 valence electrons. The second-order valence-corrected chi connectivity index (χ2v) is 9.24. The minimum Gasteiger partial charge on any atom is -0.147 e. The average molecular weight is 293 g/mol. The molecule has 1 atom stereocenters. The Morgan fingerprint density at radius 1 is 1.21 bits per heavy atom. The monoisotopic (exact) mass is 292 g/mol. The van der Waals surface area contributed by atoms with Crippen LogP contribution in [-0.4, -0.2) is 0 Å². The molecule has 0 N–H and O–H groups in total. The molecule has 0 nitrogen and oxygen atoms in total. The third kappa shape index (κ3) is 1.62. The van der Waals surface area contributed by atoms with Crippen LogP contribution in [0.1, 0.15) is 9.46 Å². The summed E-state index contributed by atoms with van der Waals surface area (Å²) in [5, 5.41) is 2.14. The van der Waals surface area contributed by atoms with Crippen molar-refractivity contribution in [3.63, 3.8) is 0 Å². The molecule has 0 spiro atoms. The molecule has 0 bridgehead atoms. The van der Waals surface area contributed by atoms with Crippen LogP contribution >= 0.6 is 67.8 Å². The number of fused-ring (bicyclic) bond motifs is 1. The zero-order valence-electron chi connectivity index (χ0n) is 6.76. The topological polar surface area (TPSA) is 0 Å². The summed E-state index contributed by atoms with van der Waals surface area (Å²) in [5.74, 6) is 0. The van der Waals surface area contributed by atoms with E-state index in [0.29, 0.717) is 4.58 Å². The summed E-state index contributed by atoms with van der Waals surface area (Å²) in [5.41, 5.74) is 0. The largest absolute Gasteiger partial charge is 0.147 e. The highest BCUT2D eigenvalue weighted by atomic mass is 32.9. The summed E-state index contributed by atoms with van der Waals surface area (Å²) in [7, 11) is 3.55. The Balaban J connectivity index is 1.96. The van der Waals surface area contributed by atoms with Crippen LogP contribution < -0.4 is 0 Å². The van der Waals surface area contributed by atoms with Crippen LogP contribution in [-0.2, 0) is 0 Å². The van der Waals surface area contributed by atoms with E-state index in [1.54, 1.807) is 10.3 Å². The summed E-state index contributed by atoms with van der Waals surface area (Å²) in [6.45, 7) is 0. The van der Waals surface area contributed by atoms with E-state index < -0.39 is 0 Å². The molecule has 3 heterocycles. The predicted molar refractivity (Wildman–Crippen MR) is 71.8 cm³/mol. The molecular weight excluding hydrogens is 288 g/mol. The first-order valence-electron chi connectivity index (χ1n) is 3.84. The fraction of sp³-hybridized carbons (Fsp3) is 0.125. The molecule has 3 rings (SSSR count). The molecule has 0 unspecified atom stereocenters. The van der Waals surface area contributed by atoms with Crippen LogP contribution in [0.3, 0.4) is 0 Å².